The maximum atomic E-state index is 13.6. The first-order chi connectivity index (χ1) is 12.1. The van der Waals surface area contributed by atoms with Crippen LogP contribution in [0.5, 0.6) is 0 Å². The SMILES string of the molecule is CCC1(CC)C[C@H]1C(=O)N1CCc2onc(-c3cccc(F)c3)c2C1. The monoisotopic (exact) mass is 342 g/mol. The lowest BCUT2D eigenvalue weighted by Crippen LogP contribution is -2.37. The van der Waals surface area contributed by atoms with Crippen LogP contribution in [-0.4, -0.2) is 22.5 Å². The normalized spacial score (nSPS) is 21.1. The minimum atomic E-state index is -0.299. The topological polar surface area (TPSA) is 46.3 Å². The third-order valence-corrected chi connectivity index (χ3v) is 6.13. The minimum Gasteiger partial charge on any atom is -0.360 e. The number of amides is 1. The first-order valence-electron chi connectivity index (χ1n) is 9.10. The molecule has 2 aromatic rings. The highest BCUT2D eigenvalue weighted by atomic mass is 19.1. The molecule has 1 atom stereocenters. The minimum absolute atomic E-state index is 0.154. The number of aromatic nitrogens is 1. The number of rotatable bonds is 4. The maximum absolute atomic E-state index is 13.6. The van der Waals surface area contributed by atoms with Gasteiger partial charge in [0.15, 0.2) is 0 Å². The number of hydrogen-bond acceptors (Lipinski definition) is 3. The van der Waals surface area contributed by atoms with Gasteiger partial charge in [-0.2, -0.15) is 0 Å². The van der Waals surface area contributed by atoms with Crippen LogP contribution in [0, 0.1) is 17.2 Å². The van der Waals surface area contributed by atoms with Crippen molar-refractivity contribution in [3.63, 3.8) is 0 Å². The standard InChI is InChI=1S/C20H23FN2O2/c1-3-20(4-2)11-16(20)19(24)23-9-8-17-15(12-23)18(22-25-17)13-6-5-7-14(21)10-13/h5-7,10,16H,3-4,8-9,11-12H2,1-2H3/t16-/m0/s1. The average molecular weight is 342 g/mol. The number of halogens is 1. The molecule has 1 aliphatic heterocycles. The van der Waals surface area contributed by atoms with Crippen molar-refractivity contribution in [1.29, 1.82) is 0 Å². The Balaban J connectivity index is 1.57. The van der Waals surface area contributed by atoms with Gasteiger partial charge in [-0.1, -0.05) is 31.1 Å². The fourth-order valence-electron chi connectivity index (χ4n) is 4.21. The number of nitrogens with zero attached hydrogens (tertiary/aromatic N) is 2. The summed E-state index contributed by atoms with van der Waals surface area (Å²) in [6, 6.07) is 6.35. The first kappa shape index (κ1) is 16.3. The predicted molar refractivity (Wildman–Crippen MR) is 92.1 cm³/mol. The Labute approximate surface area is 147 Å². The van der Waals surface area contributed by atoms with E-state index in [1.807, 2.05) is 11.0 Å². The number of benzene rings is 1. The fourth-order valence-corrected chi connectivity index (χ4v) is 4.21. The van der Waals surface area contributed by atoms with Crippen molar-refractivity contribution in [1.82, 2.24) is 10.1 Å². The number of carbonyl (C=O) groups excluding carboxylic acids is 1. The van der Waals surface area contributed by atoms with Gasteiger partial charge in [0.2, 0.25) is 5.91 Å². The Bertz CT molecular complexity index is 810. The molecule has 2 aliphatic rings. The van der Waals surface area contributed by atoms with Crippen molar-refractivity contribution in [2.24, 2.45) is 11.3 Å². The van der Waals surface area contributed by atoms with Crippen LogP contribution in [0.15, 0.2) is 28.8 Å². The predicted octanol–water partition coefficient (Wildman–Crippen LogP) is 4.19. The second-order valence-electron chi connectivity index (χ2n) is 7.28. The summed E-state index contributed by atoms with van der Waals surface area (Å²) >= 11 is 0. The molecular weight excluding hydrogens is 319 g/mol. The Morgan fingerprint density at radius 2 is 2.20 bits per heavy atom. The van der Waals surface area contributed by atoms with E-state index in [9.17, 15) is 9.18 Å². The Hall–Kier alpha value is -2.17. The van der Waals surface area contributed by atoms with Gasteiger partial charge in [0, 0.05) is 30.0 Å². The molecule has 2 heterocycles. The zero-order chi connectivity index (χ0) is 17.6. The van der Waals surface area contributed by atoms with Crippen molar-refractivity contribution in [2.45, 2.75) is 46.1 Å². The third-order valence-electron chi connectivity index (χ3n) is 6.13. The number of carbonyl (C=O) groups is 1. The molecular formula is C20H23FN2O2. The molecule has 25 heavy (non-hydrogen) atoms. The van der Waals surface area contributed by atoms with E-state index >= 15 is 0 Å². The highest BCUT2D eigenvalue weighted by Crippen LogP contribution is 2.58. The lowest BCUT2D eigenvalue weighted by molar-refractivity contribution is -0.134. The van der Waals surface area contributed by atoms with Gasteiger partial charge < -0.3 is 9.42 Å². The second kappa shape index (κ2) is 5.97. The molecule has 0 radical (unpaired) electrons. The van der Waals surface area contributed by atoms with Gasteiger partial charge in [-0.3, -0.25) is 4.79 Å². The zero-order valence-corrected chi connectivity index (χ0v) is 14.7. The van der Waals surface area contributed by atoms with Gasteiger partial charge in [0.25, 0.3) is 0 Å². The fraction of sp³-hybridized carbons (Fsp3) is 0.500. The molecule has 1 aromatic heterocycles. The molecule has 0 N–H and O–H groups in total. The second-order valence-corrected chi connectivity index (χ2v) is 7.28. The van der Waals surface area contributed by atoms with Crippen LogP contribution in [0.4, 0.5) is 4.39 Å². The van der Waals surface area contributed by atoms with Crippen LogP contribution in [0.2, 0.25) is 0 Å². The largest absolute Gasteiger partial charge is 0.360 e. The van der Waals surface area contributed by atoms with E-state index in [4.69, 9.17) is 4.52 Å². The molecule has 4 rings (SSSR count). The van der Waals surface area contributed by atoms with Crippen LogP contribution in [0.3, 0.4) is 0 Å². The van der Waals surface area contributed by atoms with Crippen LogP contribution >= 0.6 is 0 Å². The van der Waals surface area contributed by atoms with Crippen LogP contribution in [-0.2, 0) is 17.8 Å². The van der Waals surface area contributed by atoms with Gasteiger partial charge in [-0.05, 0) is 36.8 Å². The van der Waals surface area contributed by atoms with E-state index in [2.05, 4.69) is 19.0 Å². The molecule has 0 bridgehead atoms. The van der Waals surface area contributed by atoms with Crippen molar-refractivity contribution < 1.29 is 13.7 Å². The van der Waals surface area contributed by atoms with Crippen molar-refractivity contribution in [2.75, 3.05) is 6.54 Å². The molecule has 0 unspecified atom stereocenters. The molecule has 1 fully saturated rings. The van der Waals surface area contributed by atoms with E-state index in [-0.39, 0.29) is 23.1 Å². The summed E-state index contributed by atoms with van der Waals surface area (Å²) in [6.07, 6.45) is 3.78. The maximum Gasteiger partial charge on any atom is 0.226 e. The first-order valence-corrected chi connectivity index (χ1v) is 9.10. The molecule has 5 heteroatoms. The molecule has 1 aromatic carbocycles. The van der Waals surface area contributed by atoms with E-state index in [0.29, 0.717) is 30.8 Å². The summed E-state index contributed by atoms with van der Waals surface area (Å²) in [4.78, 5) is 14.9. The lowest BCUT2D eigenvalue weighted by Gasteiger charge is -2.27. The third kappa shape index (κ3) is 2.66. The molecule has 132 valence electrons. The molecule has 4 nitrogen and oxygen atoms in total. The number of hydrogen-bond donors (Lipinski definition) is 0. The molecule has 1 amide bonds. The van der Waals surface area contributed by atoms with Gasteiger partial charge in [0.05, 0.1) is 6.54 Å². The Kier molecular flexibility index (Phi) is 3.89. The van der Waals surface area contributed by atoms with E-state index in [1.54, 1.807) is 6.07 Å². The summed E-state index contributed by atoms with van der Waals surface area (Å²) in [6.45, 7) is 5.52. The molecule has 1 aliphatic carbocycles. The van der Waals surface area contributed by atoms with Gasteiger partial charge in [0.1, 0.15) is 17.3 Å². The molecule has 0 spiro atoms. The van der Waals surface area contributed by atoms with Gasteiger partial charge >= 0.3 is 0 Å². The van der Waals surface area contributed by atoms with Crippen LogP contribution < -0.4 is 0 Å². The zero-order valence-electron chi connectivity index (χ0n) is 14.7. The summed E-state index contributed by atoms with van der Waals surface area (Å²) < 4.78 is 19.0. The Morgan fingerprint density at radius 3 is 2.88 bits per heavy atom. The van der Waals surface area contributed by atoms with Crippen LogP contribution in [0.25, 0.3) is 11.3 Å². The van der Waals surface area contributed by atoms with Crippen LogP contribution in [0.1, 0.15) is 44.4 Å². The van der Waals surface area contributed by atoms with Gasteiger partial charge in [-0.25, -0.2) is 4.39 Å². The molecule has 1 saturated carbocycles. The average Bonchev–Trinajstić information content (AvgIpc) is 3.23. The van der Waals surface area contributed by atoms with Gasteiger partial charge in [-0.15, -0.1) is 0 Å². The highest BCUT2D eigenvalue weighted by Gasteiger charge is 2.56. The lowest BCUT2D eigenvalue weighted by atomic mass is 9.95. The smallest absolute Gasteiger partial charge is 0.226 e. The summed E-state index contributed by atoms with van der Waals surface area (Å²) in [5.74, 6) is 0.922. The summed E-state index contributed by atoms with van der Waals surface area (Å²) in [5, 5.41) is 4.14. The quantitative estimate of drug-likeness (QED) is 0.837. The molecule has 0 saturated heterocycles. The van der Waals surface area contributed by atoms with E-state index < -0.39 is 0 Å². The van der Waals surface area contributed by atoms with Crippen molar-refractivity contribution in [3.8, 4) is 11.3 Å². The summed E-state index contributed by atoms with van der Waals surface area (Å²) in [5.41, 5.74) is 2.48. The van der Waals surface area contributed by atoms with Crippen molar-refractivity contribution in [3.05, 3.63) is 41.4 Å². The van der Waals surface area contributed by atoms with Crippen molar-refractivity contribution >= 4 is 5.91 Å². The van der Waals surface area contributed by atoms with E-state index in [1.165, 1.54) is 12.1 Å². The number of fused-ring (bicyclic) bond motifs is 1. The Morgan fingerprint density at radius 1 is 1.40 bits per heavy atom. The summed E-state index contributed by atoms with van der Waals surface area (Å²) in [7, 11) is 0. The van der Waals surface area contributed by atoms with E-state index in [0.717, 1.165) is 30.6 Å². The highest BCUT2D eigenvalue weighted by molar-refractivity contribution is 5.83.